The Morgan fingerprint density at radius 2 is 0.643 bits per heavy atom. The van der Waals surface area contributed by atoms with E-state index < -0.39 is 16.1 Å². The number of fused-ring (bicyclic) bond motifs is 12. The van der Waals surface area contributed by atoms with Crippen LogP contribution in [-0.2, 0) is 70.7 Å². The van der Waals surface area contributed by atoms with Crippen LogP contribution in [0.4, 0.5) is 17.1 Å². The molecule has 24 rings (SSSR count). The van der Waals surface area contributed by atoms with Crippen LogP contribution < -0.4 is 41.7 Å². The maximum atomic E-state index is 2.63. The monoisotopic (exact) mass is 1910 g/mol. The first-order valence-corrected chi connectivity index (χ1v) is 62.2. The molecular weight excluding hydrogens is 1720 g/mol. The molecule has 0 N–H and O–H groups in total. The van der Waals surface area contributed by atoms with Gasteiger partial charge in [0.25, 0.3) is 0 Å². The maximum absolute atomic E-state index is 2.63. The highest BCUT2D eigenvalue weighted by molar-refractivity contribution is 7.02. The van der Waals surface area contributed by atoms with Crippen LogP contribution in [0.1, 0.15) is 371 Å². The van der Waals surface area contributed by atoms with Crippen LogP contribution in [0.2, 0.25) is 37.8 Å². The Labute approximate surface area is 863 Å². The van der Waals surface area contributed by atoms with E-state index in [0.717, 1.165) is 6.54 Å². The number of hydrogen-bond donors (Lipinski definition) is 0. The fourth-order valence-corrected chi connectivity index (χ4v) is 35.4. The lowest BCUT2D eigenvalue weighted by molar-refractivity contribution is 0.459. The van der Waals surface area contributed by atoms with E-state index in [0.29, 0.717) is 18.5 Å². The molecule has 0 aromatic heterocycles. The van der Waals surface area contributed by atoms with Crippen molar-refractivity contribution in [2.75, 3.05) is 22.9 Å². The number of hydrogen-bond acceptors (Lipinski definition) is 2. The van der Waals surface area contributed by atoms with Crippen molar-refractivity contribution in [1.82, 2.24) is 0 Å². The SMILES string of the molecule is CC.CC.CC.CC.CC.CC.CC.CC.CC.CC.CC.CC.CC1(C)B2CCCc3cccc(c32)-c2ccccc21.CC1(C)c2ccccc2-c2cccc3c2N1CCC3.CC1(C)c2ccccc2-c2cccc3c2[Si]1(C)CCC3.CC1(C)c2ccccc2B2CCCc3cccc1c32.CC1(C)c2ccccc2N2CCCc3cccc1c32.CC1(C)c2ccccc2[Si]2(C)CCCc3cccc1c32. The Kier molecular flexibility index (Phi) is 44.9. The second-order valence-electron chi connectivity index (χ2n) is 39.9. The van der Waals surface area contributed by atoms with Crippen LogP contribution in [0.3, 0.4) is 0 Å². The third kappa shape index (κ3) is 22.2. The van der Waals surface area contributed by atoms with Crippen LogP contribution in [0, 0.1) is 0 Å². The summed E-state index contributed by atoms with van der Waals surface area (Å²) < 4.78 is 0. The fraction of sp³-hybridized carbons (Fsp3) is 0.463. The topological polar surface area (TPSA) is 6.48 Å². The Hall–Kier alpha value is -9.20. The van der Waals surface area contributed by atoms with E-state index in [9.17, 15) is 0 Å². The summed E-state index contributed by atoms with van der Waals surface area (Å²) in [5.74, 6) is 0. The molecular formula is C134H192B2N2Si2. The van der Waals surface area contributed by atoms with Crippen molar-refractivity contribution in [2.45, 2.75) is 396 Å². The van der Waals surface area contributed by atoms with Crippen LogP contribution >= 0.6 is 0 Å². The number of rotatable bonds is 0. The molecule has 0 bridgehead atoms. The summed E-state index contributed by atoms with van der Waals surface area (Å²) in [6.07, 6.45) is 18.1. The third-order valence-corrected chi connectivity index (χ3v) is 42.5. The summed E-state index contributed by atoms with van der Waals surface area (Å²) in [4.78, 5) is 5.15. The molecule has 12 aliphatic rings. The van der Waals surface area contributed by atoms with E-state index in [1.165, 1.54) is 192 Å². The van der Waals surface area contributed by atoms with E-state index in [-0.39, 0.29) is 27.1 Å². The lowest BCUT2D eigenvalue weighted by atomic mass is 9.23. The molecule has 12 aromatic rings. The first-order chi connectivity index (χ1) is 67.9. The number of aryl methyl sites for hydroxylation is 6. The minimum atomic E-state index is -1.50. The van der Waals surface area contributed by atoms with Gasteiger partial charge in [-0.25, -0.2) is 0 Å². The second-order valence-corrected chi connectivity index (χ2v) is 49.0. The summed E-state index contributed by atoms with van der Waals surface area (Å²) in [6.45, 7) is 85.8. The molecule has 0 amide bonds. The highest BCUT2D eigenvalue weighted by Crippen LogP contribution is 2.55. The van der Waals surface area contributed by atoms with Crippen molar-refractivity contribution < 1.29 is 0 Å². The zero-order valence-electron chi connectivity index (χ0n) is 96.0. The van der Waals surface area contributed by atoms with Gasteiger partial charge in [-0.3, -0.25) is 0 Å². The Morgan fingerprint density at radius 3 is 1.24 bits per heavy atom. The first-order valence-electron chi connectivity index (χ1n) is 56.8. The summed E-state index contributed by atoms with van der Waals surface area (Å²) >= 11 is 0. The fourth-order valence-electron chi connectivity index (χ4n) is 25.5. The minimum Gasteiger partial charge on any atom is -0.362 e. The van der Waals surface area contributed by atoms with Crippen LogP contribution in [-0.4, -0.2) is 42.7 Å². The van der Waals surface area contributed by atoms with E-state index in [4.69, 9.17) is 0 Å². The largest absolute Gasteiger partial charge is 0.362 e. The Balaban J connectivity index is 0.000000219. The average molecular weight is 1910 g/mol. The number of benzene rings is 12. The first kappa shape index (κ1) is 118. The average Bonchev–Trinajstić information content (AvgIpc) is 0.693. The van der Waals surface area contributed by atoms with Crippen molar-refractivity contribution in [3.63, 3.8) is 0 Å². The van der Waals surface area contributed by atoms with Crippen molar-refractivity contribution in [3.05, 3.63) is 338 Å². The number of para-hydroxylation sites is 3. The van der Waals surface area contributed by atoms with E-state index in [2.05, 4.69) is 361 Å². The third-order valence-electron chi connectivity index (χ3n) is 31.7. The van der Waals surface area contributed by atoms with Gasteiger partial charge in [-0.05, 0) is 198 Å². The van der Waals surface area contributed by atoms with Crippen molar-refractivity contribution in [3.8, 4) is 33.4 Å². The Bertz CT molecular complexity index is 5640. The van der Waals surface area contributed by atoms with Gasteiger partial charge in [-0.15, -0.1) is 0 Å². The summed E-state index contributed by atoms with van der Waals surface area (Å²) in [6, 6.07) is 98.7. The van der Waals surface area contributed by atoms with Gasteiger partial charge in [-0.1, -0.05) is 574 Å². The van der Waals surface area contributed by atoms with Gasteiger partial charge in [0.1, 0.15) is 8.07 Å². The van der Waals surface area contributed by atoms with Crippen LogP contribution in [0.5, 0.6) is 0 Å². The normalized spacial score (nSPS) is 18.0. The van der Waals surface area contributed by atoms with Gasteiger partial charge < -0.3 is 9.80 Å². The molecule has 0 saturated heterocycles. The van der Waals surface area contributed by atoms with E-state index in [1.807, 2.05) is 166 Å². The van der Waals surface area contributed by atoms with Gasteiger partial charge in [0.05, 0.1) is 13.6 Å². The van der Waals surface area contributed by atoms with Gasteiger partial charge in [0.2, 0.25) is 6.71 Å². The predicted molar refractivity (Wildman–Crippen MR) is 642 cm³/mol. The predicted octanol–water partition coefficient (Wildman–Crippen LogP) is 35.7. The molecule has 2 unspecified atom stereocenters. The molecule has 0 aliphatic carbocycles. The highest BCUT2D eigenvalue weighted by atomic mass is 28.3. The minimum absolute atomic E-state index is 0.0973. The molecule has 0 spiro atoms. The van der Waals surface area contributed by atoms with Gasteiger partial charge in [0, 0.05) is 52.0 Å². The highest BCUT2D eigenvalue weighted by Gasteiger charge is 2.54. The van der Waals surface area contributed by atoms with Crippen molar-refractivity contribution >= 4 is 78.6 Å². The number of anilines is 3. The Morgan fingerprint density at radius 1 is 0.264 bits per heavy atom. The summed E-state index contributed by atoms with van der Waals surface area (Å²) in [7, 11) is -2.97. The lowest BCUT2D eigenvalue weighted by Crippen LogP contribution is -2.66. The molecule has 752 valence electrons. The lowest BCUT2D eigenvalue weighted by Gasteiger charge is -2.51. The van der Waals surface area contributed by atoms with Crippen molar-refractivity contribution in [2.24, 2.45) is 0 Å². The van der Waals surface area contributed by atoms with Crippen molar-refractivity contribution in [1.29, 1.82) is 0 Å². The quantitative estimate of drug-likeness (QED) is 0.140. The second kappa shape index (κ2) is 53.4. The molecule has 0 fully saturated rings. The zero-order chi connectivity index (χ0) is 104. The van der Waals surface area contributed by atoms with E-state index in [1.54, 1.807) is 82.0 Å². The molecule has 12 heterocycles. The van der Waals surface area contributed by atoms with Gasteiger partial charge in [0.15, 0.2) is 6.71 Å². The molecule has 6 heteroatoms. The summed E-state index contributed by atoms with van der Waals surface area (Å²) in [5, 5.41) is 5.85. The smallest absolute Gasteiger partial charge is 0.210 e. The molecule has 0 saturated carbocycles. The van der Waals surface area contributed by atoms with Crippen LogP contribution in [0.25, 0.3) is 33.4 Å². The molecule has 12 aromatic carbocycles. The molecule has 0 radical (unpaired) electrons. The molecule has 2 nitrogen and oxygen atoms in total. The number of nitrogens with zero attached hydrogens (tertiary/aromatic N) is 2. The van der Waals surface area contributed by atoms with Gasteiger partial charge >= 0.3 is 0 Å². The molecule has 12 aliphatic heterocycles. The summed E-state index contributed by atoms with van der Waals surface area (Å²) in [5.41, 5.74) is 41.9. The van der Waals surface area contributed by atoms with Crippen LogP contribution in [0.15, 0.2) is 255 Å². The molecule has 2 atom stereocenters. The van der Waals surface area contributed by atoms with Gasteiger partial charge in [-0.2, -0.15) is 0 Å². The maximum Gasteiger partial charge on any atom is 0.210 e. The standard InChI is InChI=1S/2C19H22Si.2C18H19B.2C18H19N.12C2H6/c1-19(2)15-10-4-5-12-17(15)20(3)13-7-9-14-8-6-11-16(19)18(14)20;1-19(2)17-12-5-4-10-15(17)16-11-6-8-14-9-7-13-20(19,3)18(14)16;1-18(2)14-9-3-4-11-16(14)19-12-6-8-13-7-5-10-15(18)17(13)19;1-18(2)16-11-4-3-9-14(16)15-10-5-7-13-8-6-12-19(18)17(13)15;1-18(2)14-9-3-4-11-16(14)19-12-6-8-13-7-5-10-15(18)17(13)19;1-18(2)16-11-4-3-9-14(16)15-10-5-7-13-8-6-12-19(18)17(13)15;12*1-2/h2*4-6,8,10-12H,7,9,13H2,1-3H3;4*3-5,7,9-11H,6,8,12H2,1-2H3;12*1-2H3. The van der Waals surface area contributed by atoms with E-state index >= 15 is 0 Å². The zero-order valence-corrected chi connectivity index (χ0v) is 98.0. The molecule has 140 heavy (non-hydrogen) atoms.